The van der Waals surface area contributed by atoms with Crippen LogP contribution in [0.2, 0.25) is 0 Å². The molecule has 4 rings (SSSR count). The highest BCUT2D eigenvalue weighted by Crippen LogP contribution is 2.45. The van der Waals surface area contributed by atoms with Gasteiger partial charge in [-0.05, 0) is 73.4 Å². The summed E-state index contributed by atoms with van der Waals surface area (Å²) in [7, 11) is 1.44. The van der Waals surface area contributed by atoms with Crippen LogP contribution in [0.5, 0.6) is 0 Å². The second kappa shape index (κ2) is 8.23. The molecule has 152 valence electrons. The minimum atomic E-state index is -0.374. The first-order valence-electron chi connectivity index (χ1n) is 10.3. The molecule has 0 saturated heterocycles. The molecule has 29 heavy (non-hydrogen) atoms. The Morgan fingerprint density at radius 1 is 1.24 bits per heavy atom. The van der Waals surface area contributed by atoms with Gasteiger partial charge in [-0.25, -0.2) is 9.37 Å². The Labute approximate surface area is 174 Å². The first-order valence-corrected chi connectivity index (χ1v) is 11.1. The summed E-state index contributed by atoms with van der Waals surface area (Å²) in [5.41, 5.74) is 5.14. The number of esters is 1. The van der Waals surface area contributed by atoms with Crippen molar-refractivity contribution in [3.05, 3.63) is 51.8 Å². The van der Waals surface area contributed by atoms with Crippen molar-refractivity contribution >= 4 is 27.5 Å². The third-order valence-corrected chi connectivity index (χ3v) is 7.06. The number of carbonyl (C=O) groups is 1. The number of benzene rings is 1. The quantitative estimate of drug-likeness (QED) is 0.460. The number of hydrogen-bond acceptors (Lipinski definition) is 4. The summed E-state index contributed by atoms with van der Waals surface area (Å²) in [4.78, 5) is 20.1. The van der Waals surface area contributed by atoms with E-state index in [1.54, 1.807) is 11.3 Å². The number of rotatable bonds is 5. The molecule has 3 nitrogen and oxygen atoms in total. The van der Waals surface area contributed by atoms with Gasteiger partial charge in [-0.1, -0.05) is 25.5 Å². The van der Waals surface area contributed by atoms with Crippen LogP contribution in [0.4, 0.5) is 4.39 Å². The molecule has 1 aliphatic rings. The van der Waals surface area contributed by atoms with Crippen molar-refractivity contribution in [3.8, 4) is 11.1 Å². The Balaban J connectivity index is 2.08. The van der Waals surface area contributed by atoms with Gasteiger partial charge in [0.05, 0.1) is 13.0 Å². The summed E-state index contributed by atoms with van der Waals surface area (Å²) in [5, 5.41) is 1.15. The number of methoxy groups -OCH3 is 1. The SMILES string of the molecule is CCCC(C(=O)OC)c1c(C)nc2sc3c(c2c1-c1ccc(F)cc1)CCCC3. The zero-order chi connectivity index (χ0) is 20.5. The van der Waals surface area contributed by atoms with Gasteiger partial charge in [0.15, 0.2) is 0 Å². The number of fused-ring (bicyclic) bond motifs is 3. The zero-order valence-corrected chi connectivity index (χ0v) is 18.0. The predicted octanol–water partition coefficient (Wildman–Crippen LogP) is 6.35. The van der Waals surface area contributed by atoms with Crippen molar-refractivity contribution in [1.82, 2.24) is 4.98 Å². The maximum Gasteiger partial charge on any atom is 0.313 e. The molecule has 0 amide bonds. The number of aromatic nitrogens is 1. The van der Waals surface area contributed by atoms with Crippen LogP contribution in [0.15, 0.2) is 24.3 Å². The standard InChI is InChI=1S/C24H26FNO2S/c1-4-7-18(24(27)28-3)20-14(2)26-23-22(17-8-5-6-9-19(17)29-23)21(20)15-10-12-16(25)13-11-15/h10-13,18H,4-9H2,1-3H3. The van der Waals surface area contributed by atoms with E-state index in [0.29, 0.717) is 6.42 Å². The monoisotopic (exact) mass is 411 g/mol. The molecule has 0 aliphatic heterocycles. The van der Waals surface area contributed by atoms with E-state index in [0.717, 1.165) is 51.9 Å². The van der Waals surface area contributed by atoms with Crippen LogP contribution < -0.4 is 0 Å². The lowest BCUT2D eigenvalue weighted by atomic mass is 9.83. The molecule has 1 aliphatic carbocycles. The van der Waals surface area contributed by atoms with Crippen molar-refractivity contribution in [2.24, 2.45) is 0 Å². The molecule has 5 heteroatoms. The van der Waals surface area contributed by atoms with Crippen LogP contribution in [-0.4, -0.2) is 18.1 Å². The molecule has 2 aromatic heterocycles. The largest absolute Gasteiger partial charge is 0.469 e. The molecule has 2 heterocycles. The summed E-state index contributed by atoms with van der Waals surface area (Å²) >= 11 is 1.77. The average Bonchev–Trinajstić information content (AvgIpc) is 3.09. The second-order valence-electron chi connectivity index (χ2n) is 7.75. The summed E-state index contributed by atoms with van der Waals surface area (Å²) in [6.07, 6.45) is 6.05. The normalized spacial score (nSPS) is 14.6. The molecule has 1 unspecified atom stereocenters. The number of carbonyl (C=O) groups excluding carboxylic acids is 1. The van der Waals surface area contributed by atoms with Crippen molar-refractivity contribution < 1.29 is 13.9 Å². The van der Waals surface area contributed by atoms with E-state index in [2.05, 4.69) is 6.92 Å². The van der Waals surface area contributed by atoms with Crippen molar-refractivity contribution in [2.45, 2.75) is 58.3 Å². The van der Waals surface area contributed by atoms with Crippen LogP contribution in [0.1, 0.15) is 60.2 Å². The average molecular weight is 412 g/mol. The third kappa shape index (κ3) is 3.57. The smallest absolute Gasteiger partial charge is 0.313 e. The van der Waals surface area contributed by atoms with E-state index in [-0.39, 0.29) is 17.7 Å². The number of pyridine rings is 1. The highest BCUT2D eigenvalue weighted by atomic mass is 32.1. The van der Waals surface area contributed by atoms with Crippen LogP contribution in [0.25, 0.3) is 21.3 Å². The van der Waals surface area contributed by atoms with E-state index in [4.69, 9.17) is 9.72 Å². The first-order chi connectivity index (χ1) is 14.0. The molecule has 1 atom stereocenters. The number of nitrogens with zero attached hydrogens (tertiary/aromatic N) is 1. The molecule has 1 aromatic carbocycles. The van der Waals surface area contributed by atoms with Crippen LogP contribution in [-0.2, 0) is 22.4 Å². The third-order valence-electron chi connectivity index (χ3n) is 5.88. The highest BCUT2D eigenvalue weighted by Gasteiger charge is 2.30. The first kappa shape index (κ1) is 20.0. The molecule has 0 spiro atoms. The van der Waals surface area contributed by atoms with Crippen molar-refractivity contribution in [1.29, 1.82) is 0 Å². The summed E-state index contributed by atoms with van der Waals surface area (Å²) < 4.78 is 18.9. The second-order valence-corrected chi connectivity index (χ2v) is 8.83. The molecule has 0 saturated carbocycles. The fraction of sp³-hybridized carbons (Fsp3) is 0.417. The predicted molar refractivity (Wildman–Crippen MR) is 116 cm³/mol. The van der Waals surface area contributed by atoms with Gasteiger partial charge < -0.3 is 4.74 Å². The van der Waals surface area contributed by atoms with E-state index in [1.165, 1.54) is 42.5 Å². The minimum Gasteiger partial charge on any atom is -0.469 e. The molecule has 0 fully saturated rings. The Kier molecular flexibility index (Phi) is 5.68. The molecular weight excluding hydrogens is 385 g/mol. The maximum absolute atomic E-state index is 13.7. The Bertz CT molecular complexity index is 1060. The maximum atomic E-state index is 13.7. The zero-order valence-electron chi connectivity index (χ0n) is 17.2. The van der Waals surface area contributed by atoms with Crippen LogP contribution in [0, 0.1) is 12.7 Å². The molecule has 0 radical (unpaired) electrons. The Hall–Kier alpha value is -2.27. The van der Waals surface area contributed by atoms with Gasteiger partial charge in [-0.15, -0.1) is 11.3 Å². The number of hydrogen-bond donors (Lipinski definition) is 0. The van der Waals surface area contributed by atoms with Crippen LogP contribution in [0.3, 0.4) is 0 Å². The molecule has 0 N–H and O–H groups in total. The summed E-state index contributed by atoms with van der Waals surface area (Å²) in [6.45, 7) is 4.05. The van der Waals surface area contributed by atoms with Gasteiger partial charge in [-0.2, -0.15) is 0 Å². The van der Waals surface area contributed by atoms with Crippen molar-refractivity contribution in [2.75, 3.05) is 7.11 Å². The fourth-order valence-corrected chi connectivity index (χ4v) is 5.89. The molecule has 3 aromatic rings. The van der Waals surface area contributed by atoms with Crippen molar-refractivity contribution in [3.63, 3.8) is 0 Å². The van der Waals surface area contributed by atoms with Gasteiger partial charge in [0.1, 0.15) is 10.6 Å². The van der Waals surface area contributed by atoms with E-state index >= 15 is 0 Å². The van der Waals surface area contributed by atoms with Gasteiger partial charge in [0.2, 0.25) is 0 Å². The lowest BCUT2D eigenvalue weighted by Crippen LogP contribution is -2.17. The number of halogens is 1. The lowest BCUT2D eigenvalue weighted by Gasteiger charge is -2.22. The Morgan fingerprint density at radius 2 is 1.97 bits per heavy atom. The van der Waals surface area contributed by atoms with E-state index < -0.39 is 0 Å². The fourth-order valence-electron chi connectivity index (χ4n) is 4.57. The number of aryl methyl sites for hydroxylation is 3. The van der Waals surface area contributed by atoms with E-state index in [1.807, 2.05) is 19.1 Å². The summed E-state index contributed by atoms with van der Waals surface area (Å²) in [6, 6.07) is 6.62. The van der Waals surface area contributed by atoms with Crippen LogP contribution >= 0.6 is 11.3 Å². The molecular formula is C24H26FNO2S. The van der Waals surface area contributed by atoms with Gasteiger partial charge in [0.25, 0.3) is 0 Å². The van der Waals surface area contributed by atoms with Gasteiger partial charge >= 0.3 is 5.97 Å². The molecule has 0 bridgehead atoms. The number of thiophene rings is 1. The van der Waals surface area contributed by atoms with E-state index in [9.17, 15) is 9.18 Å². The van der Waals surface area contributed by atoms with Gasteiger partial charge in [0, 0.05) is 16.0 Å². The number of ether oxygens (including phenoxy) is 1. The summed E-state index contributed by atoms with van der Waals surface area (Å²) in [5.74, 6) is -0.868. The Morgan fingerprint density at radius 3 is 2.66 bits per heavy atom. The minimum absolute atomic E-state index is 0.233. The van der Waals surface area contributed by atoms with Gasteiger partial charge in [-0.3, -0.25) is 4.79 Å². The lowest BCUT2D eigenvalue weighted by molar-refractivity contribution is -0.142. The highest BCUT2D eigenvalue weighted by molar-refractivity contribution is 7.19. The topological polar surface area (TPSA) is 39.2 Å².